The van der Waals surface area contributed by atoms with Gasteiger partial charge in [-0.25, -0.2) is 4.98 Å². The van der Waals surface area contributed by atoms with E-state index in [-0.39, 0.29) is 0 Å². The summed E-state index contributed by atoms with van der Waals surface area (Å²) in [6.45, 7) is 6.39. The van der Waals surface area contributed by atoms with E-state index in [0.717, 1.165) is 45.5 Å². The Kier molecular flexibility index (Phi) is 4.65. The Bertz CT molecular complexity index is 953. The molecule has 128 valence electrons. The summed E-state index contributed by atoms with van der Waals surface area (Å²) in [5.41, 5.74) is 11.1. The van der Waals surface area contributed by atoms with Crippen molar-refractivity contribution in [3.63, 3.8) is 0 Å². The van der Waals surface area contributed by atoms with Crippen LogP contribution in [0.2, 0.25) is 0 Å². The van der Waals surface area contributed by atoms with E-state index in [0.29, 0.717) is 5.92 Å². The summed E-state index contributed by atoms with van der Waals surface area (Å²) in [6.07, 6.45) is 7.68. The number of nitrogens with two attached hydrogens (primary N) is 1. The zero-order valence-electron chi connectivity index (χ0n) is 14.7. The van der Waals surface area contributed by atoms with E-state index in [1.54, 1.807) is 6.08 Å². The van der Waals surface area contributed by atoms with E-state index in [9.17, 15) is 4.79 Å². The minimum atomic E-state index is -0.471. The number of carbonyl (C=O) groups excluding carboxylic acids is 1. The van der Waals surface area contributed by atoms with Crippen LogP contribution in [0.25, 0.3) is 28.2 Å². The van der Waals surface area contributed by atoms with Crippen LogP contribution in [0.3, 0.4) is 0 Å². The summed E-state index contributed by atoms with van der Waals surface area (Å²) in [6, 6.07) is 6.27. The normalized spacial score (nSPS) is 11.7. The first-order valence-electron chi connectivity index (χ1n) is 8.35. The van der Waals surface area contributed by atoms with Gasteiger partial charge in [0.25, 0.3) is 0 Å². The number of fused-ring (bicyclic) bond motifs is 1. The Morgan fingerprint density at radius 1 is 1.28 bits per heavy atom. The lowest BCUT2D eigenvalue weighted by molar-refractivity contribution is -0.113. The maximum absolute atomic E-state index is 11.0. The van der Waals surface area contributed by atoms with E-state index in [4.69, 9.17) is 5.73 Å². The fraction of sp³-hybridized carbons (Fsp3) is 0.250. The predicted octanol–water partition coefficient (Wildman–Crippen LogP) is 3.63. The number of primary amides is 1. The molecule has 0 aromatic carbocycles. The second-order valence-electron chi connectivity index (χ2n) is 6.69. The lowest BCUT2D eigenvalue weighted by Crippen LogP contribution is -2.04. The Morgan fingerprint density at radius 3 is 2.80 bits per heavy atom. The van der Waals surface area contributed by atoms with Gasteiger partial charge in [-0.05, 0) is 49.1 Å². The fourth-order valence-electron chi connectivity index (χ4n) is 2.92. The van der Waals surface area contributed by atoms with Crippen molar-refractivity contribution in [2.45, 2.75) is 27.2 Å². The number of aromatic nitrogens is 3. The van der Waals surface area contributed by atoms with Crippen molar-refractivity contribution in [3.05, 3.63) is 53.6 Å². The molecule has 3 N–H and O–H groups in total. The number of aromatic amines is 1. The van der Waals surface area contributed by atoms with Crippen molar-refractivity contribution >= 4 is 23.0 Å². The van der Waals surface area contributed by atoms with Crippen molar-refractivity contribution in [3.8, 4) is 11.1 Å². The molecule has 0 aliphatic carbocycles. The van der Waals surface area contributed by atoms with Gasteiger partial charge in [-0.15, -0.1) is 0 Å². The van der Waals surface area contributed by atoms with Crippen molar-refractivity contribution in [1.29, 1.82) is 0 Å². The van der Waals surface area contributed by atoms with Gasteiger partial charge < -0.3 is 10.7 Å². The molecular formula is C20H22N4O. The Labute approximate surface area is 147 Å². The monoisotopic (exact) mass is 334 g/mol. The summed E-state index contributed by atoms with van der Waals surface area (Å²) < 4.78 is 0. The van der Waals surface area contributed by atoms with E-state index in [1.165, 1.54) is 6.08 Å². The average Bonchev–Trinajstić information content (AvgIpc) is 2.94. The largest absolute Gasteiger partial charge is 0.366 e. The van der Waals surface area contributed by atoms with Crippen LogP contribution in [-0.2, 0) is 11.2 Å². The van der Waals surface area contributed by atoms with E-state index >= 15 is 0 Å². The average molecular weight is 334 g/mol. The highest BCUT2D eigenvalue weighted by Gasteiger charge is 2.09. The van der Waals surface area contributed by atoms with Crippen LogP contribution in [0, 0.1) is 12.8 Å². The number of hydrogen-bond donors (Lipinski definition) is 2. The number of aryl methyl sites for hydroxylation is 1. The predicted molar refractivity (Wildman–Crippen MR) is 101 cm³/mol. The SMILES string of the molecule is Cc1cc(-c2cnc3[nH]cc(/C=C/C(N)=O)c3c2)cc(CC(C)C)n1. The minimum absolute atomic E-state index is 0.471. The highest BCUT2D eigenvalue weighted by Crippen LogP contribution is 2.26. The van der Waals surface area contributed by atoms with E-state index in [1.807, 2.05) is 19.3 Å². The second kappa shape index (κ2) is 6.89. The molecule has 25 heavy (non-hydrogen) atoms. The molecule has 0 saturated carbocycles. The summed E-state index contributed by atoms with van der Waals surface area (Å²) in [5.74, 6) is 0.0829. The van der Waals surface area contributed by atoms with Crippen LogP contribution in [0.4, 0.5) is 0 Å². The number of nitrogens with one attached hydrogen (secondary N) is 1. The number of rotatable bonds is 5. The summed E-state index contributed by atoms with van der Waals surface area (Å²) in [5, 5.41) is 0.954. The number of pyridine rings is 2. The number of H-pyrrole nitrogens is 1. The molecule has 3 aromatic heterocycles. The third kappa shape index (κ3) is 3.94. The standard InChI is InChI=1S/C20H22N4O/c1-12(2)6-17-8-15(7-13(3)24-17)16-9-18-14(4-5-19(21)25)10-22-20(18)23-11-16/h4-5,7-12H,6H2,1-3H3,(H2,21,25)(H,22,23)/b5-4+. The first kappa shape index (κ1) is 16.9. The third-order valence-electron chi connectivity index (χ3n) is 3.95. The maximum Gasteiger partial charge on any atom is 0.241 e. The number of amides is 1. The van der Waals surface area contributed by atoms with Crippen LogP contribution in [0.1, 0.15) is 30.8 Å². The van der Waals surface area contributed by atoms with Crippen LogP contribution < -0.4 is 5.73 Å². The van der Waals surface area contributed by atoms with Gasteiger partial charge in [-0.2, -0.15) is 0 Å². The smallest absolute Gasteiger partial charge is 0.241 e. The zero-order valence-corrected chi connectivity index (χ0v) is 14.7. The maximum atomic E-state index is 11.0. The van der Waals surface area contributed by atoms with Gasteiger partial charge >= 0.3 is 0 Å². The number of hydrogen-bond acceptors (Lipinski definition) is 3. The molecule has 5 nitrogen and oxygen atoms in total. The molecule has 3 aromatic rings. The first-order chi connectivity index (χ1) is 11.9. The molecule has 0 aliphatic heterocycles. The minimum Gasteiger partial charge on any atom is -0.366 e. The van der Waals surface area contributed by atoms with Crippen molar-refractivity contribution < 1.29 is 4.79 Å². The van der Waals surface area contributed by atoms with Crippen molar-refractivity contribution in [1.82, 2.24) is 15.0 Å². The lowest BCUT2D eigenvalue weighted by Gasteiger charge is -2.09. The summed E-state index contributed by atoms with van der Waals surface area (Å²) in [7, 11) is 0. The molecule has 3 heterocycles. The molecule has 5 heteroatoms. The number of carbonyl (C=O) groups is 1. The Morgan fingerprint density at radius 2 is 2.08 bits per heavy atom. The summed E-state index contributed by atoms with van der Waals surface area (Å²) >= 11 is 0. The van der Waals surface area contributed by atoms with Gasteiger partial charge in [0.2, 0.25) is 5.91 Å². The second-order valence-corrected chi connectivity index (χ2v) is 6.69. The zero-order chi connectivity index (χ0) is 18.0. The molecule has 0 unspecified atom stereocenters. The molecule has 0 saturated heterocycles. The Balaban J connectivity index is 2.05. The van der Waals surface area contributed by atoms with Crippen molar-refractivity contribution in [2.75, 3.05) is 0 Å². The topological polar surface area (TPSA) is 84.7 Å². The van der Waals surface area contributed by atoms with Gasteiger partial charge in [0.15, 0.2) is 0 Å². The summed E-state index contributed by atoms with van der Waals surface area (Å²) in [4.78, 5) is 23.2. The van der Waals surface area contributed by atoms with Crippen LogP contribution in [-0.4, -0.2) is 20.9 Å². The number of nitrogens with zero attached hydrogens (tertiary/aromatic N) is 2. The molecule has 3 rings (SSSR count). The molecule has 0 radical (unpaired) electrons. The highest BCUT2D eigenvalue weighted by atomic mass is 16.1. The molecule has 0 bridgehead atoms. The molecule has 0 atom stereocenters. The Hall–Kier alpha value is -2.95. The van der Waals surface area contributed by atoms with Crippen molar-refractivity contribution in [2.24, 2.45) is 11.7 Å². The van der Waals surface area contributed by atoms with Crippen LogP contribution in [0.15, 0.2) is 36.7 Å². The molecule has 0 aliphatic rings. The quantitative estimate of drug-likeness (QED) is 0.699. The van der Waals surface area contributed by atoms with Gasteiger partial charge in [0.05, 0.1) is 0 Å². The molecule has 1 amide bonds. The molecule has 0 fully saturated rings. The van der Waals surface area contributed by atoms with Gasteiger partial charge in [0, 0.05) is 46.4 Å². The van der Waals surface area contributed by atoms with Gasteiger partial charge in [-0.1, -0.05) is 13.8 Å². The molecule has 0 spiro atoms. The third-order valence-corrected chi connectivity index (χ3v) is 3.95. The first-order valence-corrected chi connectivity index (χ1v) is 8.35. The highest BCUT2D eigenvalue weighted by molar-refractivity contribution is 5.95. The van der Waals surface area contributed by atoms with Crippen LogP contribution in [0.5, 0.6) is 0 Å². The molecular weight excluding hydrogens is 312 g/mol. The fourth-order valence-corrected chi connectivity index (χ4v) is 2.92. The van der Waals surface area contributed by atoms with E-state index < -0.39 is 5.91 Å². The lowest BCUT2D eigenvalue weighted by atomic mass is 10.0. The van der Waals surface area contributed by atoms with Crippen LogP contribution >= 0.6 is 0 Å². The van der Waals surface area contributed by atoms with Gasteiger partial charge in [0.1, 0.15) is 5.65 Å². The van der Waals surface area contributed by atoms with Gasteiger partial charge in [-0.3, -0.25) is 9.78 Å². The van der Waals surface area contributed by atoms with E-state index in [2.05, 4.69) is 47.0 Å².